The van der Waals surface area contributed by atoms with Crippen molar-refractivity contribution in [2.75, 3.05) is 6.54 Å². The molecule has 6 heteroatoms. The highest BCUT2D eigenvalue weighted by atomic mass is 35.5. The molecule has 0 amide bonds. The van der Waals surface area contributed by atoms with E-state index in [0.29, 0.717) is 17.1 Å². The molecule has 0 radical (unpaired) electrons. The summed E-state index contributed by atoms with van der Waals surface area (Å²) < 4.78 is 26.6. The lowest BCUT2D eigenvalue weighted by Crippen LogP contribution is -2.25. The van der Waals surface area contributed by atoms with Gasteiger partial charge in [0.1, 0.15) is 0 Å². The van der Waals surface area contributed by atoms with Crippen molar-refractivity contribution in [3.63, 3.8) is 0 Å². The zero-order chi connectivity index (χ0) is 13.9. The average Bonchev–Trinajstić information content (AvgIpc) is 3.19. The van der Waals surface area contributed by atoms with Crippen LogP contribution >= 0.6 is 11.6 Å². The molecule has 0 aromatic heterocycles. The molecular formula is C13H18ClNO3S. The monoisotopic (exact) mass is 303 g/mol. The van der Waals surface area contributed by atoms with E-state index in [2.05, 4.69) is 4.72 Å². The van der Waals surface area contributed by atoms with Gasteiger partial charge in [0.25, 0.3) is 0 Å². The molecule has 0 heterocycles. The third-order valence-electron chi connectivity index (χ3n) is 3.28. The van der Waals surface area contributed by atoms with E-state index < -0.39 is 10.0 Å². The molecule has 1 fully saturated rings. The SMILES string of the molecule is O=S(=O)(NCCCC1CC1)c1ccc(Cl)c(CO)c1. The molecule has 0 bridgehead atoms. The normalized spacial score (nSPS) is 15.7. The van der Waals surface area contributed by atoms with Crippen LogP contribution in [0.3, 0.4) is 0 Å². The van der Waals surface area contributed by atoms with Gasteiger partial charge in [-0.1, -0.05) is 24.4 Å². The summed E-state index contributed by atoms with van der Waals surface area (Å²) in [5.74, 6) is 0.807. The molecule has 1 aromatic carbocycles. The Morgan fingerprint density at radius 1 is 1.37 bits per heavy atom. The molecule has 0 aliphatic heterocycles. The van der Waals surface area contributed by atoms with Crippen molar-refractivity contribution in [3.8, 4) is 0 Å². The molecule has 19 heavy (non-hydrogen) atoms. The summed E-state index contributed by atoms with van der Waals surface area (Å²) in [6.07, 6.45) is 4.52. The van der Waals surface area contributed by atoms with Gasteiger partial charge in [0.15, 0.2) is 0 Å². The van der Waals surface area contributed by atoms with Crippen molar-refractivity contribution in [1.82, 2.24) is 4.72 Å². The summed E-state index contributed by atoms with van der Waals surface area (Å²) in [5, 5.41) is 9.46. The third kappa shape index (κ3) is 4.18. The summed E-state index contributed by atoms with van der Waals surface area (Å²) in [6.45, 7) is 0.180. The van der Waals surface area contributed by atoms with Gasteiger partial charge < -0.3 is 5.11 Å². The van der Waals surface area contributed by atoms with Crippen molar-refractivity contribution in [1.29, 1.82) is 0 Å². The fourth-order valence-electron chi connectivity index (χ4n) is 1.93. The lowest BCUT2D eigenvalue weighted by Gasteiger charge is -2.08. The first-order valence-electron chi connectivity index (χ1n) is 6.42. The van der Waals surface area contributed by atoms with Crippen molar-refractivity contribution >= 4 is 21.6 Å². The van der Waals surface area contributed by atoms with E-state index in [1.807, 2.05) is 0 Å². The third-order valence-corrected chi connectivity index (χ3v) is 5.10. The maximum atomic E-state index is 12.0. The zero-order valence-corrected chi connectivity index (χ0v) is 12.2. The molecule has 0 spiro atoms. The maximum Gasteiger partial charge on any atom is 0.240 e. The van der Waals surface area contributed by atoms with Crippen molar-refractivity contribution in [3.05, 3.63) is 28.8 Å². The Kier molecular flexibility index (Phi) is 4.84. The number of aliphatic hydroxyl groups excluding tert-OH is 1. The highest BCUT2D eigenvalue weighted by molar-refractivity contribution is 7.89. The first kappa shape index (κ1) is 14.8. The first-order chi connectivity index (χ1) is 9.03. The summed E-state index contributed by atoms with van der Waals surface area (Å²) in [4.78, 5) is 0.146. The van der Waals surface area contributed by atoms with Crippen LogP contribution in [0.2, 0.25) is 5.02 Å². The quantitative estimate of drug-likeness (QED) is 0.760. The molecule has 2 rings (SSSR count). The van der Waals surface area contributed by atoms with Crippen LogP contribution in [0, 0.1) is 5.92 Å². The Morgan fingerprint density at radius 2 is 2.11 bits per heavy atom. The lowest BCUT2D eigenvalue weighted by molar-refractivity contribution is 0.281. The minimum absolute atomic E-state index is 0.146. The topological polar surface area (TPSA) is 66.4 Å². The van der Waals surface area contributed by atoms with Gasteiger partial charge in [-0.2, -0.15) is 0 Å². The molecule has 1 aromatic rings. The van der Waals surface area contributed by atoms with Gasteiger partial charge in [-0.25, -0.2) is 13.1 Å². The predicted octanol–water partition coefficient (Wildman–Crippen LogP) is 2.30. The number of sulfonamides is 1. The van der Waals surface area contributed by atoms with Crippen molar-refractivity contribution in [2.45, 2.75) is 37.2 Å². The molecular weight excluding hydrogens is 286 g/mol. The van der Waals surface area contributed by atoms with Gasteiger partial charge in [-0.3, -0.25) is 0 Å². The van der Waals surface area contributed by atoms with Crippen LogP contribution in [0.5, 0.6) is 0 Å². The second-order valence-corrected chi connectivity index (χ2v) is 7.07. The smallest absolute Gasteiger partial charge is 0.240 e. The number of hydrogen-bond acceptors (Lipinski definition) is 3. The second kappa shape index (κ2) is 6.22. The first-order valence-corrected chi connectivity index (χ1v) is 8.28. The summed E-state index contributed by atoms with van der Waals surface area (Å²) in [7, 11) is -3.51. The van der Waals surface area contributed by atoms with Crippen LogP contribution in [-0.2, 0) is 16.6 Å². The van der Waals surface area contributed by atoms with Gasteiger partial charge in [0.05, 0.1) is 11.5 Å². The maximum absolute atomic E-state index is 12.0. The minimum atomic E-state index is -3.51. The second-order valence-electron chi connectivity index (χ2n) is 4.89. The Bertz CT molecular complexity index is 541. The number of aliphatic hydroxyl groups is 1. The van der Waals surface area contributed by atoms with Gasteiger partial charge in [0.2, 0.25) is 10.0 Å². The molecule has 1 aliphatic rings. The van der Waals surface area contributed by atoms with Crippen LogP contribution < -0.4 is 4.72 Å². The van der Waals surface area contributed by atoms with E-state index >= 15 is 0 Å². The summed E-state index contributed by atoms with van der Waals surface area (Å²) in [5.41, 5.74) is 0.419. The Labute approximate surface area is 118 Å². The molecule has 0 unspecified atom stereocenters. The lowest BCUT2D eigenvalue weighted by atomic mass is 10.2. The van der Waals surface area contributed by atoms with Crippen LogP contribution in [0.1, 0.15) is 31.2 Å². The highest BCUT2D eigenvalue weighted by Crippen LogP contribution is 2.33. The van der Waals surface area contributed by atoms with Crippen LogP contribution in [0.4, 0.5) is 0 Å². The van der Waals surface area contributed by atoms with E-state index in [1.165, 1.54) is 31.0 Å². The van der Waals surface area contributed by atoms with E-state index in [-0.39, 0.29) is 11.5 Å². The molecule has 0 atom stereocenters. The zero-order valence-electron chi connectivity index (χ0n) is 10.6. The largest absolute Gasteiger partial charge is 0.392 e. The highest BCUT2D eigenvalue weighted by Gasteiger charge is 2.21. The predicted molar refractivity (Wildman–Crippen MR) is 74.5 cm³/mol. The minimum Gasteiger partial charge on any atom is -0.392 e. The molecule has 4 nitrogen and oxygen atoms in total. The summed E-state index contributed by atoms with van der Waals surface area (Å²) in [6, 6.07) is 4.35. The Balaban J connectivity index is 1.97. The van der Waals surface area contributed by atoms with E-state index in [1.54, 1.807) is 0 Å². The van der Waals surface area contributed by atoms with E-state index in [9.17, 15) is 8.42 Å². The molecule has 1 aliphatic carbocycles. The fraction of sp³-hybridized carbons (Fsp3) is 0.538. The van der Waals surface area contributed by atoms with Crippen LogP contribution in [-0.4, -0.2) is 20.1 Å². The average molecular weight is 304 g/mol. The van der Waals surface area contributed by atoms with E-state index in [0.717, 1.165) is 18.8 Å². The number of nitrogens with one attached hydrogen (secondary N) is 1. The van der Waals surface area contributed by atoms with Crippen LogP contribution in [0.15, 0.2) is 23.1 Å². The van der Waals surface area contributed by atoms with Gasteiger partial charge >= 0.3 is 0 Å². The molecule has 0 saturated heterocycles. The number of halogens is 1. The van der Waals surface area contributed by atoms with Gasteiger partial charge in [-0.15, -0.1) is 0 Å². The van der Waals surface area contributed by atoms with Gasteiger partial charge in [0, 0.05) is 11.6 Å². The standard InChI is InChI=1S/C13H18ClNO3S/c14-13-6-5-12(8-11(13)9-16)19(17,18)15-7-1-2-10-3-4-10/h5-6,8,10,15-16H,1-4,7,9H2. The van der Waals surface area contributed by atoms with Crippen molar-refractivity contribution < 1.29 is 13.5 Å². The number of benzene rings is 1. The van der Waals surface area contributed by atoms with E-state index in [4.69, 9.17) is 16.7 Å². The van der Waals surface area contributed by atoms with Crippen LogP contribution in [0.25, 0.3) is 0 Å². The number of hydrogen-bond donors (Lipinski definition) is 2. The molecule has 1 saturated carbocycles. The molecule has 106 valence electrons. The fourth-order valence-corrected chi connectivity index (χ4v) is 3.23. The van der Waals surface area contributed by atoms with Crippen molar-refractivity contribution in [2.24, 2.45) is 5.92 Å². The summed E-state index contributed by atoms with van der Waals surface area (Å²) >= 11 is 5.84. The Morgan fingerprint density at radius 3 is 2.74 bits per heavy atom. The number of rotatable bonds is 7. The molecule has 2 N–H and O–H groups in total. The van der Waals surface area contributed by atoms with Gasteiger partial charge in [-0.05, 0) is 42.5 Å². The Hall–Kier alpha value is -0.620.